The van der Waals surface area contributed by atoms with E-state index in [2.05, 4.69) is 6.92 Å². The van der Waals surface area contributed by atoms with Gasteiger partial charge in [0.05, 0.1) is 11.2 Å². The summed E-state index contributed by atoms with van der Waals surface area (Å²) in [6, 6.07) is 22.6. The first-order valence-electron chi connectivity index (χ1n) is 9.11. The zero-order valence-electron chi connectivity index (χ0n) is 15.0. The summed E-state index contributed by atoms with van der Waals surface area (Å²) in [6.45, 7) is 2.13. The van der Waals surface area contributed by atoms with E-state index in [0.29, 0.717) is 10.6 Å². The van der Waals surface area contributed by atoms with Crippen molar-refractivity contribution in [3.05, 3.63) is 89.2 Å². The summed E-state index contributed by atoms with van der Waals surface area (Å²) < 4.78 is 14.8. The number of halogens is 2. The molecule has 3 aromatic carbocycles. The Morgan fingerprint density at radius 1 is 0.926 bits per heavy atom. The summed E-state index contributed by atoms with van der Waals surface area (Å²) in [6.07, 6.45) is 1.75. The van der Waals surface area contributed by atoms with Gasteiger partial charge in [0, 0.05) is 21.5 Å². The summed E-state index contributed by atoms with van der Waals surface area (Å²) in [5.74, 6) is -0.235. The average Bonchev–Trinajstić information content (AvgIpc) is 2.69. The van der Waals surface area contributed by atoms with Crippen LogP contribution < -0.4 is 0 Å². The van der Waals surface area contributed by atoms with E-state index in [4.69, 9.17) is 16.6 Å². The second-order valence-corrected chi connectivity index (χ2v) is 7.01. The van der Waals surface area contributed by atoms with Gasteiger partial charge in [-0.2, -0.15) is 0 Å². The zero-order chi connectivity index (χ0) is 18.8. The highest BCUT2D eigenvalue weighted by Crippen LogP contribution is 2.39. The minimum absolute atomic E-state index is 0.235. The molecule has 0 N–H and O–H groups in total. The molecule has 0 spiro atoms. The predicted octanol–water partition coefficient (Wildman–Crippen LogP) is 7.31. The fourth-order valence-electron chi connectivity index (χ4n) is 3.57. The van der Waals surface area contributed by atoms with Gasteiger partial charge in [0.15, 0.2) is 0 Å². The van der Waals surface area contributed by atoms with Gasteiger partial charge in [-0.25, -0.2) is 9.37 Å². The fraction of sp³-hybridized carbons (Fsp3) is 0.125. The zero-order valence-corrected chi connectivity index (χ0v) is 15.8. The molecule has 3 heteroatoms. The monoisotopic (exact) mass is 375 g/mol. The largest absolute Gasteiger partial charge is 0.247 e. The van der Waals surface area contributed by atoms with Gasteiger partial charge in [-0.3, -0.25) is 0 Å². The lowest BCUT2D eigenvalue weighted by molar-refractivity contribution is 0.631. The van der Waals surface area contributed by atoms with Crippen LogP contribution in [-0.2, 0) is 6.42 Å². The highest BCUT2D eigenvalue weighted by Gasteiger charge is 2.19. The first-order valence-corrected chi connectivity index (χ1v) is 9.49. The summed E-state index contributed by atoms with van der Waals surface area (Å²) >= 11 is 6.28. The van der Waals surface area contributed by atoms with Gasteiger partial charge in [-0.1, -0.05) is 73.5 Å². The van der Waals surface area contributed by atoms with E-state index in [0.717, 1.165) is 46.1 Å². The minimum atomic E-state index is -0.235. The van der Waals surface area contributed by atoms with E-state index in [1.807, 2.05) is 60.7 Å². The third-order valence-electron chi connectivity index (χ3n) is 4.74. The Morgan fingerprint density at radius 3 is 2.41 bits per heavy atom. The van der Waals surface area contributed by atoms with Crippen LogP contribution in [0, 0.1) is 5.82 Å². The van der Waals surface area contributed by atoms with E-state index in [9.17, 15) is 4.39 Å². The van der Waals surface area contributed by atoms with Crippen molar-refractivity contribution in [1.29, 1.82) is 0 Å². The summed E-state index contributed by atoms with van der Waals surface area (Å²) in [5.41, 5.74) is 5.30. The SMILES string of the molecule is CCCc1c(-c2ccccc2)nc2ccc(Cl)cc2c1-c1ccccc1F. The van der Waals surface area contributed by atoms with Gasteiger partial charge in [0.2, 0.25) is 0 Å². The van der Waals surface area contributed by atoms with Crippen LogP contribution in [0.4, 0.5) is 4.39 Å². The molecule has 0 fully saturated rings. The lowest BCUT2D eigenvalue weighted by Gasteiger charge is -2.18. The molecule has 1 heterocycles. The first kappa shape index (κ1) is 17.7. The maximum absolute atomic E-state index is 14.8. The number of aromatic nitrogens is 1. The Hall–Kier alpha value is -2.71. The van der Waals surface area contributed by atoms with Crippen molar-refractivity contribution >= 4 is 22.5 Å². The molecule has 4 rings (SSSR count). The van der Waals surface area contributed by atoms with Crippen molar-refractivity contribution in [2.75, 3.05) is 0 Å². The molecule has 0 bridgehead atoms. The van der Waals surface area contributed by atoms with Crippen LogP contribution in [0.1, 0.15) is 18.9 Å². The van der Waals surface area contributed by atoms with Crippen molar-refractivity contribution in [2.45, 2.75) is 19.8 Å². The molecule has 0 aliphatic heterocycles. The molecule has 0 unspecified atom stereocenters. The van der Waals surface area contributed by atoms with E-state index in [1.165, 1.54) is 6.07 Å². The van der Waals surface area contributed by atoms with Crippen LogP contribution in [0.15, 0.2) is 72.8 Å². The van der Waals surface area contributed by atoms with Crippen LogP contribution in [0.3, 0.4) is 0 Å². The second kappa shape index (κ2) is 7.50. The molecule has 0 atom stereocenters. The van der Waals surface area contributed by atoms with Crippen molar-refractivity contribution in [3.8, 4) is 22.4 Å². The number of hydrogen-bond acceptors (Lipinski definition) is 1. The Balaban J connectivity index is 2.16. The second-order valence-electron chi connectivity index (χ2n) is 6.57. The first-order chi connectivity index (χ1) is 13.2. The molecular weight excluding hydrogens is 357 g/mol. The molecule has 134 valence electrons. The lowest BCUT2D eigenvalue weighted by atomic mass is 9.89. The van der Waals surface area contributed by atoms with Crippen LogP contribution >= 0.6 is 11.6 Å². The maximum atomic E-state index is 14.8. The van der Waals surface area contributed by atoms with Crippen LogP contribution in [0.5, 0.6) is 0 Å². The number of hydrogen-bond donors (Lipinski definition) is 0. The van der Waals surface area contributed by atoms with Crippen LogP contribution in [0.25, 0.3) is 33.3 Å². The number of rotatable bonds is 4. The van der Waals surface area contributed by atoms with Crippen molar-refractivity contribution in [1.82, 2.24) is 4.98 Å². The molecule has 0 saturated heterocycles. The van der Waals surface area contributed by atoms with E-state index >= 15 is 0 Å². The third-order valence-corrected chi connectivity index (χ3v) is 4.97. The van der Waals surface area contributed by atoms with Gasteiger partial charge in [0.1, 0.15) is 5.82 Å². The van der Waals surface area contributed by atoms with Crippen LogP contribution in [0.2, 0.25) is 5.02 Å². The van der Waals surface area contributed by atoms with Gasteiger partial charge in [0.25, 0.3) is 0 Å². The third kappa shape index (κ3) is 3.33. The minimum Gasteiger partial charge on any atom is -0.247 e. The molecule has 1 aromatic heterocycles. The molecule has 4 aromatic rings. The Labute approximate surface area is 163 Å². The van der Waals surface area contributed by atoms with Crippen molar-refractivity contribution in [2.24, 2.45) is 0 Å². The summed E-state index contributed by atoms with van der Waals surface area (Å²) in [5, 5.41) is 1.51. The predicted molar refractivity (Wildman–Crippen MR) is 112 cm³/mol. The number of benzene rings is 3. The van der Waals surface area contributed by atoms with Gasteiger partial charge < -0.3 is 0 Å². The normalized spacial score (nSPS) is 11.1. The molecule has 1 nitrogen and oxygen atoms in total. The summed E-state index contributed by atoms with van der Waals surface area (Å²) in [4.78, 5) is 4.94. The molecule has 0 saturated carbocycles. The smallest absolute Gasteiger partial charge is 0.131 e. The van der Waals surface area contributed by atoms with Crippen molar-refractivity contribution < 1.29 is 4.39 Å². The number of fused-ring (bicyclic) bond motifs is 1. The molecule has 27 heavy (non-hydrogen) atoms. The van der Waals surface area contributed by atoms with E-state index in [-0.39, 0.29) is 5.82 Å². The average molecular weight is 376 g/mol. The molecule has 0 aliphatic rings. The number of pyridine rings is 1. The quantitative estimate of drug-likeness (QED) is 0.364. The molecule has 0 aliphatic carbocycles. The van der Waals surface area contributed by atoms with Gasteiger partial charge in [-0.05, 0) is 41.8 Å². The fourth-order valence-corrected chi connectivity index (χ4v) is 3.75. The topological polar surface area (TPSA) is 12.9 Å². The highest BCUT2D eigenvalue weighted by atomic mass is 35.5. The molecular formula is C24H19ClFN. The standard InChI is InChI=1S/C24H19ClFN/c1-2-8-19-23(18-11-6-7-12-21(18)26)20-15-17(25)13-14-22(20)27-24(19)16-9-4-3-5-10-16/h3-7,9-15H,2,8H2,1H3. The van der Waals surface area contributed by atoms with Gasteiger partial charge in [-0.15, -0.1) is 0 Å². The Morgan fingerprint density at radius 2 is 1.67 bits per heavy atom. The molecule has 0 amide bonds. The van der Waals surface area contributed by atoms with E-state index < -0.39 is 0 Å². The van der Waals surface area contributed by atoms with Crippen LogP contribution in [-0.4, -0.2) is 4.98 Å². The van der Waals surface area contributed by atoms with E-state index in [1.54, 1.807) is 6.07 Å². The lowest BCUT2D eigenvalue weighted by Crippen LogP contribution is -2.01. The van der Waals surface area contributed by atoms with Gasteiger partial charge >= 0.3 is 0 Å². The Bertz CT molecular complexity index is 1110. The molecule has 0 radical (unpaired) electrons. The summed E-state index contributed by atoms with van der Waals surface area (Å²) in [7, 11) is 0. The van der Waals surface area contributed by atoms with Crippen molar-refractivity contribution in [3.63, 3.8) is 0 Å². The highest BCUT2D eigenvalue weighted by molar-refractivity contribution is 6.31. The Kier molecular flexibility index (Phi) is 4.91. The number of nitrogens with zero attached hydrogens (tertiary/aromatic N) is 1. The maximum Gasteiger partial charge on any atom is 0.131 e.